The number of carboxylic acid groups (broad SMARTS) is 1. The number of carbonyl (C=O) groups excluding carboxylic acids is 1. The molecule has 29 heavy (non-hydrogen) atoms. The molecule has 2 aromatic carbocycles. The van der Waals surface area contributed by atoms with E-state index in [4.69, 9.17) is 4.74 Å². The number of methoxy groups -OCH3 is 1. The Morgan fingerprint density at radius 2 is 2.10 bits per heavy atom. The van der Waals surface area contributed by atoms with Crippen LogP contribution in [0.2, 0.25) is 0 Å². The number of rotatable bonds is 4. The van der Waals surface area contributed by atoms with Crippen molar-refractivity contribution >= 4 is 44.8 Å². The third kappa shape index (κ3) is 3.54. The summed E-state index contributed by atoms with van der Waals surface area (Å²) in [6, 6.07) is 11.2. The predicted molar refractivity (Wildman–Crippen MR) is 112 cm³/mol. The molecule has 1 aliphatic heterocycles. The molecule has 0 saturated carbocycles. The minimum Gasteiger partial charge on any atom is -0.496 e. The fraction of sp³-hybridized carbons (Fsp3) is 0.143. The van der Waals surface area contributed by atoms with Crippen molar-refractivity contribution in [2.45, 2.75) is 12.3 Å². The molecule has 0 fully saturated rings. The summed E-state index contributed by atoms with van der Waals surface area (Å²) in [5, 5.41) is 12.6. The Balaban J connectivity index is 1.92. The van der Waals surface area contributed by atoms with Gasteiger partial charge in [-0.1, -0.05) is 18.2 Å². The predicted octanol–water partition coefficient (Wildman–Crippen LogP) is 5.50. The van der Waals surface area contributed by atoms with Crippen LogP contribution < -0.4 is 10.1 Å². The highest BCUT2D eigenvalue weighted by atomic mass is 79.9. The van der Waals surface area contributed by atoms with Gasteiger partial charge in [0.2, 0.25) is 5.91 Å². The first-order valence-corrected chi connectivity index (χ1v) is 10.3. The van der Waals surface area contributed by atoms with E-state index < -0.39 is 11.8 Å². The van der Waals surface area contributed by atoms with Crippen LogP contribution in [0.15, 0.2) is 46.9 Å². The first-order valence-electron chi connectivity index (χ1n) is 8.68. The van der Waals surface area contributed by atoms with Crippen LogP contribution in [0.1, 0.15) is 32.5 Å². The number of hydrogen-bond donors (Lipinski definition) is 2. The van der Waals surface area contributed by atoms with E-state index in [1.165, 1.54) is 18.2 Å². The molecule has 2 N–H and O–H groups in total. The Morgan fingerprint density at radius 1 is 1.31 bits per heavy atom. The number of amides is 1. The molecule has 1 aromatic heterocycles. The minimum atomic E-state index is -1.12. The summed E-state index contributed by atoms with van der Waals surface area (Å²) in [6.45, 7) is 0. The van der Waals surface area contributed by atoms with Gasteiger partial charge in [-0.05, 0) is 51.3 Å². The summed E-state index contributed by atoms with van der Waals surface area (Å²) < 4.78 is 19.8. The van der Waals surface area contributed by atoms with Crippen molar-refractivity contribution in [1.29, 1.82) is 0 Å². The van der Waals surface area contributed by atoms with Crippen molar-refractivity contribution < 1.29 is 23.8 Å². The second-order valence-electron chi connectivity index (χ2n) is 6.56. The Morgan fingerprint density at radius 3 is 2.76 bits per heavy atom. The molecule has 1 atom stereocenters. The third-order valence-corrected chi connectivity index (χ3v) is 6.70. The molecular formula is C21H15BrFNO4S. The lowest BCUT2D eigenvalue weighted by molar-refractivity contribution is -0.116. The average Bonchev–Trinajstić information content (AvgIpc) is 3.07. The molecule has 4 rings (SSSR count). The van der Waals surface area contributed by atoms with Gasteiger partial charge in [-0.15, -0.1) is 11.3 Å². The lowest BCUT2D eigenvalue weighted by Crippen LogP contribution is -2.22. The van der Waals surface area contributed by atoms with Gasteiger partial charge in [-0.2, -0.15) is 0 Å². The van der Waals surface area contributed by atoms with Crippen LogP contribution in [-0.2, 0) is 4.79 Å². The van der Waals surface area contributed by atoms with Gasteiger partial charge in [-0.3, -0.25) is 4.79 Å². The molecule has 0 radical (unpaired) electrons. The van der Waals surface area contributed by atoms with Crippen LogP contribution in [0.4, 0.5) is 10.1 Å². The minimum absolute atomic E-state index is 0.0698. The summed E-state index contributed by atoms with van der Waals surface area (Å²) in [6.07, 6.45) is 0.188. The van der Waals surface area contributed by atoms with Gasteiger partial charge < -0.3 is 15.2 Å². The zero-order chi connectivity index (χ0) is 20.7. The Kier molecular flexibility index (Phi) is 5.14. The number of halogens is 2. The molecule has 1 amide bonds. The molecule has 0 saturated heterocycles. The highest BCUT2D eigenvalue weighted by Crippen LogP contribution is 2.50. The van der Waals surface area contributed by atoms with Gasteiger partial charge in [0.25, 0.3) is 0 Å². The first-order chi connectivity index (χ1) is 13.9. The monoisotopic (exact) mass is 475 g/mol. The van der Waals surface area contributed by atoms with Crippen LogP contribution in [0.5, 0.6) is 5.75 Å². The maximum atomic E-state index is 13.8. The van der Waals surface area contributed by atoms with Crippen LogP contribution >= 0.6 is 27.3 Å². The van der Waals surface area contributed by atoms with E-state index in [2.05, 4.69) is 21.2 Å². The number of thiophene rings is 1. The summed E-state index contributed by atoms with van der Waals surface area (Å²) in [4.78, 5) is 25.2. The number of nitrogens with one attached hydrogen (secondary N) is 1. The van der Waals surface area contributed by atoms with Crippen molar-refractivity contribution in [2.24, 2.45) is 0 Å². The highest BCUT2D eigenvalue weighted by Gasteiger charge is 2.34. The summed E-state index contributed by atoms with van der Waals surface area (Å²) in [5.41, 5.74) is 2.04. The van der Waals surface area contributed by atoms with Gasteiger partial charge in [0, 0.05) is 22.8 Å². The Labute approximate surface area is 178 Å². The molecule has 0 spiro atoms. The average molecular weight is 476 g/mol. The normalized spacial score (nSPS) is 15.6. The zero-order valence-corrected chi connectivity index (χ0v) is 17.6. The van der Waals surface area contributed by atoms with E-state index in [1.807, 2.05) is 12.1 Å². The first kappa shape index (κ1) is 19.6. The largest absolute Gasteiger partial charge is 0.496 e. The molecular weight excluding hydrogens is 461 g/mol. The topological polar surface area (TPSA) is 75.6 Å². The maximum absolute atomic E-state index is 13.8. The van der Waals surface area contributed by atoms with Crippen LogP contribution in [0.25, 0.3) is 11.1 Å². The second-order valence-corrected chi connectivity index (χ2v) is 8.47. The lowest BCUT2D eigenvalue weighted by atomic mass is 9.88. The van der Waals surface area contributed by atoms with E-state index in [-0.39, 0.29) is 23.1 Å². The van der Waals surface area contributed by atoms with E-state index in [0.29, 0.717) is 22.6 Å². The summed E-state index contributed by atoms with van der Waals surface area (Å²) >= 11 is 4.57. The number of aromatic carboxylic acids is 1. The van der Waals surface area contributed by atoms with E-state index in [1.54, 1.807) is 19.2 Å². The Hall–Kier alpha value is -2.71. The standard InChI is InChI=1S/C21H15BrFNO4S/c1-28-15-6-5-10(8-14(15)22)13-9-16(25)24-18-17(11-3-2-4-12(23)7-11)20(21(26)27)29-19(13)18/h2-8,13H,9H2,1H3,(H,24,25)(H,26,27)/t13-/m0/s1. The van der Waals surface area contributed by atoms with Crippen molar-refractivity contribution in [2.75, 3.05) is 12.4 Å². The van der Waals surface area contributed by atoms with Crippen molar-refractivity contribution in [3.63, 3.8) is 0 Å². The Bertz CT molecular complexity index is 1140. The number of fused-ring (bicyclic) bond motifs is 1. The molecule has 5 nitrogen and oxygen atoms in total. The van der Waals surface area contributed by atoms with Crippen molar-refractivity contribution in [3.05, 3.63) is 68.1 Å². The SMILES string of the molecule is COc1ccc([C@@H]2CC(=O)Nc3c2sc(C(=O)O)c3-c2cccc(F)c2)cc1Br. The lowest BCUT2D eigenvalue weighted by Gasteiger charge is -2.24. The third-order valence-electron chi connectivity index (χ3n) is 4.79. The van der Waals surface area contributed by atoms with Gasteiger partial charge in [-0.25, -0.2) is 9.18 Å². The van der Waals surface area contributed by atoms with Crippen LogP contribution in [0, 0.1) is 5.82 Å². The van der Waals surface area contributed by atoms with Crippen LogP contribution in [-0.4, -0.2) is 24.1 Å². The van der Waals surface area contributed by atoms with Crippen molar-refractivity contribution in [1.82, 2.24) is 0 Å². The van der Waals surface area contributed by atoms with E-state index in [9.17, 15) is 19.1 Å². The van der Waals surface area contributed by atoms with Gasteiger partial charge >= 0.3 is 5.97 Å². The number of benzene rings is 2. The summed E-state index contributed by atoms with van der Waals surface area (Å²) in [5.74, 6) is -1.47. The number of carbonyl (C=O) groups is 2. The fourth-order valence-corrected chi connectivity index (χ4v) is 5.33. The maximum Gasteiger partial charge on any atom is 0.346 e. The highest BCUT2D eigenvalue weighted by molar-refractivity contribution is 9.10. The quantitative estimate of drug-likeness (QED) is 0.522. The molecule has 2 heterocycles. The number of hydrogen-bond acceptors (Lipinski definition) is 4. The van der Waals surface area contributed by atoms with Gasteiger partial charge in [0.05, 0.1) is 17.3 Å². The molecule has 8 heteroatoms. The molecule has 148 valence electrons. The molecule has 1 aliphatic rings. The van der Waals surface area contributed by atoms with E-state index in [0.717, 1.165) is 26.3 Å². The van der Waals surface area contributed by atoms with Crippen LogP contribution in [0.3, 0.4) is 0 Å². The smallest absolute Gasteiger partial charge is 0.346 e. The van der Waals surface area contributed by atoms with Gasteiger partial charge in [0.15, 0.2) is 0 Å². The molecule has 0 bridgehead atoms. The summed E-state index contributed by atoms with van der Waals surface area (Å²) in [7, 11) is 1.57. The van der Waals surface area contributed by atoms with Gasteiger partial charge in [0.1, 0.15) is 16.4 Å². The number of anilines is 1. The van der Waals surface area contributed by atoms with Crippen molar-refractivity contribution in [3.8, 4) is 16.9 Å². The molecule has 3 aromatic rings. The fourth-order valence-electron chi connectivity index (χ4n) is 3.53. The zero-order valence-electron chi connectivity index (χ0n) is 15.2. The molecule has 0 aliphatic carbocycles. The number of carboxylic acids is 1. The number of ether oxygens (including phenoxy) is 1. The van der Waals surface area contributed by atoms with E-state index >= 15 is 0 Å². The second kappa shape index (κ2) is 7.61. The molecule has 0 unspecified atom stereocenters.